The van der Waals surface area contributed by atoms with Crippen molar-refractivity contribution in [2.75, 3.05) is 18.4 Å². The van der Waals surface area contributed by atoms with Gasteiger partial charge in [-0.1, -0.05) is 22.9 Å². The SMILES string of the molecule is CCN1CCc2nc(NC(=O)Cc3c(C)[nH]c4ccc(Br)cc34)sc2C1. The number of hydrogen-bond acceptors (Lipinski definition) is 4. The summed E-state index contributed by atoms with van der Waals surface area (Å²) in [5, 5.41) is 4.81. The summed E-state index contributed by atoms with van der Waals surface area (Å²) in [7, 11) is 0. The Balaban J connectivity index is 1.51. The number of rotatable bonds is 4. The van der Waals surface area contributed by atoms with Crippen LogP contribution in [0.5, 0.6) is 0 Å². The third kappa shape index (κ3) is 3.43. The molecule has 3 heterocycles. The lowest BCUT2D eigenvalue weighted by Crippen LogP contribution is -2.29. The zero-order valence-electron chi connectivity index (χ0n) is 14.9. The van der Waals surface area contributed by atoms with Crippen molar-refractivity contribution in [1.82, 2.24) is 14.9 Å². The van der Waals surface area contributed by atoms with Crippen molar-refractivity contribution >= 4 is 49.2 Å². The van der Waals surface area contributed by atoms with Gasteiger partial charge in [-0.05, 0) is 37.2 Å². The highest BCUT2D eigenvalue weighted by atomic mass is 79.9. The van der Waals surface area contributed by atoms with Crippen LogP contribution in [0.15, 0.2) is 22.7 Å². The zero-order chi connectivity index (χ0) is 18.3. The lowest BCUT2D eigenvalue weighted by Gasteiger charge is -2.23. The quantitative estimate of drug-likeness (QED) is 0.647. The number of amides is 1. The predicted octanol–water partition coefficient (Wildman–Crippen LogP) is 4.25. The molecule has 0 unspecified atom stereocenters. The van der Waals surface area contributed by atoms with E-state index in [1.807, 2.05) is 19.1 Å². The number of aromatic amines is 1. The van der Waals surface area contributed by atoms with E-state index in [4.69, 9.17) is 0 Å². The Morgan fingerprint density at radius 3 is 3.12 bits per heavy atom. The van der Waals surface area contributed by atoms with E-state index in [-0.39, 0.29) is 5.91 Å². The highest BCUT2D eigenvalue weighted by Crippen LogP contribution is 2.29. The molecule has 0 bridgehead atoms. The van der Waals surface area contributed by atoms with Crippen LogP contribution in [0.25, 0.3) is 10.9 Å². The monoisotopic (exact) mass is 432 g/mol. The molecule has 1 aromatic carbocycles. The summed E-state index contributed by atoms with van der Waals surface area (Å²) in [6.45, 7) is 7.22. The van der Waals surface area contributed by atoms with Gasteiger partial charge in [-0.15, -0.1) is 11.3 Å². The fourth-order valence-corrected chi connectivity index (χ4v) is 4.91. The van der Waals surface area contributed by atoms with Gasteiger partial charge < -0.3 is 10.3 Å². The van der Waals surface area contributed by atoms with Gasteiger partial charge in [0.15, 0.2) is 5.13 Å². The molecular formula is C19H21BrN4OS. The van der Waals surface area contributed by atoms with Crippen LogP contribution in [0.2, 0.25) is 0 Å². The Kier molecular flexibility index (Phi) is 4.86. The fraction of sp³-hybridized carbons (Fsp3) is 0.368. The second-order valence-electron chi connectivity index (χ2n) is 6.65. The highest BCUT2D eigenvalue weighted by molar-refractivity contribution is 9.10. The number of aryl methyl sites for hydroxylation is 1. The molecule has 0 radical (unpaired) electrons. The summed E-state index contributed by atoms with van der Waals surface area (Å²) < 4.78 is 1.01. The molecule has 0 fully saturated rings. The first-order valence-corrected chi connectivity index (χ1v) is 10.4. The molecule has 4 rings (SSSR count). The number of thiazole rings is 1. The van der Waals surface area contributed by atoms with Crippen LogP contribution in [0, 0.1) is 6.92 Å². The Bertz CT molecular complexity index is 977. The van der Waals surface area contributed by atoms with Crippen LogP contribution in [-0.2, 0) is 24.2 Å². The topological polar surface area (TPSA) is 61.0 Å². The maximum absolute atomic E-state index is 12.6. The van der Waals surface area contributed by atoms with Gasteiger partial charge in [-0.3, -0.25) is 9.69 Å². The number of likely N-dealkylation sites (N-methyl/N-ethyl adjacent to an activating group) is 1. The summed E-state index contributed by atoms with van der Waals surface area (Å²) in [4.78, 5) is 24.3. The minimum absolute atomic E-state index is 0.0209. The van der Waals surface area contributed by atoms with E-state index >= 15 is 0 Å². The van der Waals surface area contributed by atoms with Crippen molar-refractivity contribution in [1.29, 1.82) is 0 Å². The van der Waals surface area contributed by atoms with Gasteiger partial charge in [0.25, 0.3) is 0 Å². The predicted molar refractivity (Wildman–Crippen MR) is 110 cm³/mol. The van der Waals surface area contributed by atoms with E-state index in [1.54, 1.807) is 11.3 Å². The number of fused-ring (bicyclic) bond motifs is 2. The van der Waals surface area contributed by atoms with Gasteiger partial charge in [0.1, 0.15) is 0 Å². The van der Waals surface area contributed by atoms with Crippen LogP contribution in [0.1, 0.15) is 28.8 Å². The maximum atomic E-state index is 12.6. The van der Waals surface area contributed by atoms with Gasteiger partial charge in [-0.25, -0.2) is 4.98 Å². The van der Waals surface area contributed by atoms with E-state index in [2.05, 4.69) is 49.1 Å². The van der Waals surface area contributed by atoms with Crippen molar-refractivity contribution in [2.45, 2.75) is 33.2 Å². The Morgan fingerprint density at radius 2 is 2.31 bits per heavy atom. The molecule has 1 amide bonds. The van der Waals surface area contributed by atoms with E-state index in [1.165, 1.54) is 4.88 Å². The van der Waals surface area contributed by atoms with Crippen LogP contribution in [-0.4, -0.2) is 33.9 Å². The van der Waals surface area contributed by atoms with E-state index in [0.29, 0.717) is 6.42 Å². The Labute approximate surface area is 164 Å². The first-order valence-electron chi connectivity index (χ1n) is 8.81. The maximum Gasteiger partial charge on any atom is 0.230 e. The molecule has 2 aromatic heterocycles. The molecule has 3 aromatic rings. The summed E-state index contributed by atoms with van der Waals surface area (Å²) in [6, 6.07) is 6.09. The first kappa shape index (κ1) is 17.7. The van der Waals surface area contributed by atoms with Gasteiger partial charge in [0, 0.05) is 45.5 Å². The molecular weight excluding hydrogens is 412 g/mol. The molecule has 0 atom stereocenters. The number of nitrogens with one attached hydrogen (secondary N) is 2. The van der Waals surface area contributed by atoms with Crippen molar-refractivity contribution in [2.24, 2.45) is 0 Å². The molecule has 26 heavy (non-hydrogen) atoms. The molecule has 136 valence electrons. The number of carbonyl (C=O) groups is 1. The number of H-pyrrole nitrogens is 1. The van der Waals surface area contributed by atoms with E-state index < -0.39 is 0 Å². The number of anilines is 1. The van der Waals surface area contributed by atoms with Crippen molar-refractivity contribution in [3.8, 4) is 0 Å². The number of carbonyl (C=O) groups excluding carboxylic acids is 1. The molecule has 5 nitrogen and oxygen atoms in total. The first-order chi connectivity index (χ1) is 12.5. The minimum Gasteiger partial charge on any atom is -0.358 e. The van der Waals surface area contributed by atoms with Gasteiger partial charge in [0.05, 0.1) is 12.1 Å². The average molecular weight is 433 g/mol. The van der Waals surface area contributed by atoms with Crippen molar-refractivity contribution < 1.29 is 4.79 Å². The normalized spacial score (nSPS) is 14.6. The fourth-order valence-electron chi connectivity index (χ4n) is 3.48. The smallest absolute Gasteiger partial charge is 0.230 e. The molecule has 1 aliphatic heterocycles. The minimum atomic E-state index is -0.0209. The van der Waals surface area contributed by atoms with E-state index in [0.717, 1.165) is 63.5 Å². The summed E-state index contributed by atoms with van der Waals surface area (Å²) in [6.07, 6.45) is 1.30. The van der Waals surface area contributed by atoms with Crippen molar-refractivity contribution in [3.63, 3.8) is 0 Å². The van der Waals surface area contributed by atoms with Crippen LogP contribution < -0.4 is 5.32 Å². The van der Waals surface area contributed by atoms with Crippen LogP contribution in [0.4, 0.5) is 5.13 Å². The largest absolute Gasteiger partial charge is 0.358 e. The van der Waals surface area contributed by atoms with E-state index in [9.17, 15) is 4.79 Å². The Hall–Kier alpha value is -1.70. The van der Waals surface area contributed by atoms with Gasteiger partial charge in [-0.2, -0.15) is 0 Å². The second kappa shape index (κ2) is 7.13. The molecule has 2 N–H and O–H groups in total. The van der Waals surface area contributed by atoms with Crippen LogP contribution in [0.3, 0.4) is 0 Å². The second-order valence-corrected chi connectivity index (χ2v) is 8.65. The van der Waals surface area contributed by atoms with Crippen molar-refractivity contribution in [3.05, 3.63) is 44.5 Å². The van der Waals surface area contributed by atoms with Gasteiger partial charge in [0.2, 0.25) is 5.91 Å². The molecule has 0 aliphatic carbocycles. The third-order valence-electron chi connectivity index (χ3n) is 4.92. The molecule has 0 saturated carbocycles. The number of aromatic nitrogens is 2. The molecule has 1 aliphatic rings. The highest BCUT2D eigenvalue weighted by Gasteiger charge is 2.21. The number of hydrogen-bond donors (Lipinski definition) is 2. The zero-order valence-corrected chi connectivity index (χ0v) is 17.3. The lowest BCUT2D eigenvalue weighted by atomic mass is 10.1. The summed E-state index contributed by atoms with van der Waals surface area (Å²) in [5.74, 6) is -0.0209. The summed E-state index contributed by atoms with van der Waals surface area (Å²) in [5.41, 5.74) is 4.27. The summed E-state index contributed by atoms with van der Waals surface area (Å²) >= 11 is 5.12. The number of nitrogens with zero attached hydrogens (tertiary/aromatic N) is 2. The molecule has 0 saturated heterocycles. The lowest BCUT2D eigenvalue weighted by molar-refractivity contribution is -0.115. The number of halogens is 1. The van der Waals surface area contributed by atoms with Gasteiger partial charge >= 0.3 is 0 Å². The number of benzene rings is 1. The van der Waals surface area contributed by atoms with Crippen LogP contribution >= 0.6 is 27.3 Å². The third-order valence-corrected chi connectivity index (χ3v) is 6.41. The molecule has 7 heteroatoms. The molecule has 0 spiro atoms. The average Bonchev–Trinajstić information content (AvgIpc) is 3.14. The Morgan fingerprint density at radius 1 is 1.46 bits per heavy atom. The standard InChI is InChI=1S/C19H21BrN4OS/c1-3-24-7-6-16-17(10-24)26-19(22-16)23-18(25)9-13-11(2)21-15-5-4-12(20)8-14(13)15/h4-5,8,21H,3,6-7,9-10H2,1-2H3,(H,22,23,25).